The van der Waals surface area contributed by atoms with E-state index in [9.17, 15) is 4.79 Å². The number of amides is 1. The fraction of sp³-hybridized carbons (Fsp3) is 0.667. The summed E-state index contributed by atoms with van der Waals surface area (Å²) in [4.78, 5) is 10.1. The molecular formula is C6H12N2O3. The Morgan fingerprint density at radius 3 is 2.09 bits per heavy atom. The molecule has 0 aliphatic rings. The largest absolute Gasteiger partial charge is 0.365 e. The van der Waals surface area contributed by atoms with Gasteiger partial charge < -0.3 is 15.9 Å². The molecule has 0 atom stereocenters. The van der Waals surface area contributed by atoms with Gasteiger partial charge in [-0.3, -0.25) is 4.79 Å². The number of nitriles is 1. The summed E-state index contributed by atoms with van der Waals surface area (Å²) in [5.74, 6) is -3.40. The summed E-state index contributed by atoms with van der Waals surface area (Å²) in [7, 11) is 0. The number of rotatable bonds is 3. The molecule has 5 nitrogen and oxygen atoms in total. The molecule has 0 heterocycles. The van der Waals surface area contributed by atoms with Crippen LogP contribution in [0.15, 0.2) is 0 Å². The lowest BCUT2D eigenvalue weighted by atomic mass is 10.1. The van der Waals surface area contributed by atoms with Gasteiger partial charge in [0.1, 0.15) is 0 Å². The molecule has 0 aliphatic heterocycles. The van der Waals surface area contributed by atoms with E-state index in [1.807, 2.05) is 0 Å². The molecule has 0 aromatic rings. The molecule has 0 rings (SSSR count). The number of nitrogens with two attached hydrogens (primary N) is 1. The lowest BCUT2D eigenvalue weighted by Gasteiger charge is -2.15. The molecule has 0 saturated heterocycles. The van der Waals surface area contributed by atoms with Crippen molar-refractivity contribution < 1.29 is 15.0 Å². The number of hydrogen-bond acceptors (Lipinski definition) is 4. The van der Waals surface area contributed by atoms with Crippen LogP contribution < -0.4 is 5.73 Å². The molecule has 0 bridgehead atoms. The van der Waals surface area contributed by atoms with E-state index < -0.39 is 11.7 Å². The van der Waals surface area contributed by atoms with Crippen LogP contribution in [0.3, 0.4) is 0 Å². The predicted molar refractivity (Wildman–Crippen MR) is 37.9 cm³/mol. The highest BCUT2D eigenvalue weighted by Crippen LogP contribution is 2.06. The van der Waals surface area contributed by atoms with Crippen molar-refractivity contribution in [1.82, 2.24) is 0 Å². The Balaban J connectivity index is 0. The Labute approximate surface area is 65.1 Å². The average Bonchev–Trinajstić information content (AvgIpc) is 1.92. The summed E-state index contributed by atoms with van der Waals surface area (Å²) in [5, 5.41) is 23.8. The van der Waals surface area contributed by atoms with Crippen molar-refractivity contribution in [3.8, 4) is 6.57 Å². The van der Waals surface area contributed by atoms with Gasteiger partial charge in [0.2, 0.25) is 5.79 Å². The van der Waals surface area contributed by atoms with Gasteiger partial charge in [-0.15, -0.1) is 0 Å². The fourth-order valence-electron chi connectivity index (χ4n) is 0.472. The van der Waals surface area contributed by atoms with Crippen LogP contribution in [-0.2, 0) is 4.79 Å². The van der Waals surface area contributed by atoms with Crippen LogP contribution in [-0.4, -0.2) is 21.9 Å². The quantitative estimate of drug-likeness (QED) is 0.464. The lowest BCUT2D eigenvalue weighted by Crippen LogP contribution is -2.43. The molecule has 0 unspecified atom stereocenters. The van der Waals surface area contributed by atoms with Gasteiger partial charge in [-0.1, -0.05) is 13.3 Å². The van der Waals surface area contributed by atoms with Crippen molar-refractivity contribution in [2.45, 2.75) is 25.6 Å². The van der Waals surface area contributed by atoms with Crippen LogP contribution in [0.25, 0.3) is 0 Å². The summed E-state index contributed by atoms with van der Waals surface area (Å²) in [5.41, 5.74) is 4.62. The summed E-state index contributed by atoms with van der Waals surface area (Å²) < 4.78 is 0. The molecule has 0 saturated carbocycles. The van der Waals surface area contributed by atoms with E-state index in [4.69, 9.17) is 15.5 Å². The van der Waals surface area contributed by atoms with Crippen molar-refractivity contribution in [2.24, 2.45) is 5.73 Å². The number of nitrogens with zero attached hydrogens (tertiary/aromatic N) is 1. The minimum Gasteiger partial charge on any atom is -0.365 e. The van der Waals surface area contributed by atoms with Gasteiger partial charge in [0, 0.05) is 13.0 Å². The first-order chi connectivity index (χ1) is 5.00. The van der Waals surface area contributed by atoms with Gasteiger partial charge in [-0.05, 0) is 0 Å². The Morgan fingerprint density at radius 1 is 1.64 bits per heavy atom. The van der Waals surface area contributed by atoms with Gasteiger partial charge in [-0.25, -0.2) is 5.26 Å². The topological polar surface area (TPSA) is 107 Å². The second kappa shape index (κ2) is 5.65. The number of carbonyl (C=O) groups excluding carboxylic acids is 1. The Morgan fingerprint density at radius 2 is 2.00 bits per heavy atom. The van der Waals surface area contributed by atoms with E-state index >= 15 is 0 Å². The zero-order valence-corrected chi connectivity index (χ0v) is 6.32. The van der Waals surface area contributed by atoms with E-state index in [1.54, 1.807) is 6.92 Å². The van der Waals surface area contributed by atoms with Gasteiger partial charge >= 0.3 is 0 Å². The van der Waals surface area contributed by atoms with E-state index in [-0.39, 0.29) is 6.42 Å². The van der Waals surface area contributed by atoms with E-state index in [2.05, 4.69) is 12.3 Å². The second-order valence-corrected chi connectivity index (χ2v) is 1.93. The first-order valence-electron chi connectivity index (χ1n) is 3.01. The fourth-order valence-corrected chi connectivity index (χ4v) is 0.472. The molecule has 0 radical (unpaired) electrons. The van der Waals surface area contributed by atoms with Crippen LogP contribution in [0.4, 0.5) is 0 Å². The summed E-state index contributed by atoms with van der Waals surface area (Å²) in [6, 6.07) is 0. The lowest BCUT2D eigenvalue weighted by molar-refractivity contribution is -0.183. The monoisotopic (exact) mass is 160 g/mol. The molecule has 0 aliphatic carbocycles. The first-order valence-corrected chi connectivity index (χ1v) is 3.01. The third-order valence-electron chi connectivity index (χ3n) is 0.993. The maximum absolute atomic E-state index is 10.1. The van der Waals surface area contributed by atoms with Crippen molar-refractivity contribution in [3.05, 3.63) is 0 Å². The summed E-state index contributed by atoms with van der Waals surface area (Å²) in [6.45, 7) is 5.23. The molecule has 64 valence electrons. The molecule has 0 aromatic heterocycles. The average molecular weight is 160 g/mol. The molecule has 0 fully saturated rings. The molecule has 1 amide bonds. The first kappa shape index (κ1) is 12.5. The minimum absolute atomic E-state index is 0.0116. The van der Waals surface area contributed by atoms with Gasteiger partial charge in [0.25, 0.3) is 5.91 Å². The zero-order valence-electron chi connectivity index (χ0n) is 6.32. The zero-order chi connectivity index (χ0) is 9.49. The number of primary amides is 1. The van der Waals surface area contributed by atoms with E-state index in [0.717, 1.165) is 0 Å². The Kier molecular flexibility index (Phi) is 6.44. The standard InChI is InChI=1S/C5H11NO3.CHN/c1-2-3-5(8,9)4(6)7;1-2/h8-9H,2-3H2,1H3,(H2,6,7);1H. The van der Waals surface area contributed by atoms with Gasteiger partial charge in [0.05, 0.1) is 0 Å². The number of carbonyl (C=O) groups is 1. The predicted octanol–water partition coefficient (Wildman–Crippen LogP) is -0.908. The number of aliphatic hydroxyl groups is 2. The van der Waals surface area contributed by atoms with Crippen LogP contribution >= 0.6 is 0 Å². The minimum atomic E-state index is -2.31. The maximum Gasteiger partial charge on any atom is 0.277 e. The highest BCUT2D eigenvalue weighted by Gasteiger charge is 2.28. The van der Waals surface area contributed by atoms with Gasteiger partial charge in [0.15, 0.2) is 0 Å². The summed E-state index contributed by atoms with van der Waals surface area (Å²) in [6.07, 6.45) is 0.498. The second-order valence-electron chi connectivity index (χ2n) is 1.93. The van der Waals surface area contributed by atoms with Crippen molar-refractivity contribution in [2.75, 3.05) is 0 Å². The van der Waals surface area contributed by atoms with Crippen molar-refractivity contribution in [1.29, 1.82) is 5.26 Å². The smallest absolute Gasteiger partial charge is 0.277 e. The van der Waals surface area contributed by atoms with Crippen LogP contribution in [0.2, 0.25) is 0 Å². The van der Waals surface area contributed by atoms with E-state index in [0.29, 0.717) is 6.42 Å². The maximum atomic E-state index is 10.1. The molecular weight excluding hydrogens is 148 g/mol. The Bertz CT molecular complexity index is 142. The third kappa shape index (κ3) is 5.33. The van der Waals surface area contributed by atoms with Crippen molar-refractivity contribution in [3.63, 3.8) is 0 Å². The van der Waals surface area contributed by atoms with Crippen LogP contribution in [0.5, 0.6) is 0 Å². The van der Waals surface area contributed by atoms with E-state index in [1.165, 1.54) is 0 Å². The van der Waals surface area contributed by atoms with Gasteiger partial charge in [-0.2, -0.15) is 0 Å². The van der Waals surface area contributed by atoms with Crippen LogP contribution in [0, 0.1) is 11.8 Å². The molecule has 5 heteroatoms. The molecule has 11 heavy (non-hydrogen) atoms. The normalized spacial score (nSPS) is 9.55. The molecule has 4 N–H and O–H groups in total. The highest BCUT2D eigenvalue weighted by atomic mass is 16.5. The Hall–Kier alpha value is -1.12. The molecule has 0 spiro atoms. The van der Waals surface area contributed by atoms with Crippen LogP contribution in [0.1, 0.15) is 19.8 Å². The molecule has 0 aromatic carbocycles. The summed E-state index contributed by atoms with van der Waals surface area (Å²) >= 11 is 0. The SMILES string of the molecule is C#N.CCCC(O)(O)C(N)=O. The van der Waals surface area contributed by atoms with Crippen molar-refractivity contribution >= 4 is 5.91 Å². The number of hydrogen-bond donors (Lipinski definition) is 3. The third-order valence-corrected chi connectivity index (χ3v) is 0.993. The highest BCUT2D eigenvalue weighted by molar-refractivity contribution is 5.81.